The maximum Gasteiger partial charge on any atom is 0.222 e. The van der Waals surface area contributed by atoms with Gasteiger partial charge in [0.25, 0.3) is 0 Å². The largest absolute Gasteiger partial charge is 0.396 e. The number of aliphatic hydroxyl groups excluding tert-OH is 1. The second kappa shape index (κ2) is 8.93. The summed E-state index contributed by atoms with van der Waals surface area (Å²) in [6.45, 7) is 2.34. The van der Waals surface area contributed by atoms with Gasteiger partial charge in [-0.2, -0.15) is 0 Å². The molecule has 6 heteroatoms. The third-order valence-electron chi connectivity index (χ3n) is 5.96. The molecular formula is C23H29N3O3. The van der Waals surface area contributed by atoms with Crippen molar-refractivity contribution < 1.29 is 14.6 Å². The van der Waals surface area contributed by atoms with Crippen LogP contribution >= 0.6 is 0 Å². The molecule has 3 heterocycles. The Morgan fingerprint density at radius 1 is 1.21 bits per heavy atom. The lowest BCUT2D eigenvalue weighted by atomic mass is 9.78. The zero-order valence-corrected chi connectivity index (χ0v) is 16.7. The van der Waals surface area contributed by atoms with Gasteiger partial charge in [0.1, 0.15) is 5.82 Å². The Balaban J connectivity index is 1.48. The molecule has 1 aromatic carbocycles. The first kappa shape index (κ1) is 19.9. The number of ether oxygens (including phenoxy) is 1. The number of carbonyl (C=O) groups is 1. The first-order valence-corrected chi connectivity index (χ1v) is 10.5. The molecule has 0 bridgehead atoms. The van der Waals surface area contributed by atoms with Gasteiger partial charge in [-0.1, -0.05) is 30.3 Å². The molecule has 1 aromatic heterocycles. The fourth-order valence-corrected chi connectivity index (χ4v) is 4.54. The molecule has 2 aliphatic rings. The quantitative estimate of drug-likeness (QED) is 0.735. The highest BCUT2D eigenvalue weighted by molar-refractivity contribution is 5.76. The van der Waals surface area contributed by atoms with Crippen LogP contribution < -0.4 is 10.2 Å². The van der Waals surface area contributed by atoms with Gasteiger partial charge in [-0.05, 0) is 48.9 Å². The molecule has 1 saturated heterocycles. The number of carbonyl (C=O) groups excluding carboxylic acids is 1. The Labute approximate surface area is 171 Å². The monoisotopic (exact) mass is 395 g/mol. The SMILES string of the molecule is O=C(CC1Cc2ccccc2C2(CCN(c3ccccn3)CC2)O1)NCCCO. The van der Waals surface area contributed by atoms with Crippen LogP contribution in [0.4, 0.5) is 5.82 Å². The summed E-state index contributed by atoms with van der Waals surface area (Å²) in [7, 11) is 0. The lowest BCUT2D eigenvalue weighted by Gasteiger charge is -2.47. The fraction of sp³-hybridized carbons (Fsp3) is 0.478. The molecule has 6 nitrogen and oxygen atoms in total. The van der Waals surface area contributed by atoms with Gasteiger partial charge in [-0.15, -0.1) is 0 Å². The maximum absolute atomic E-state index is 12.3. The van der Waals surface area contributed by atoms with Crippen LogP contribution in [0.2, 0.25) is 0 Å². The zero-order valence-electron chi connectivity index (χ0n) is 16.7. The zero-order chi connectivity index (χ0) is 20.1. The number of hydrogen-bond donors (Lipinski definition) is 2. The molecule has 2 aromatic rings. The highest BCUT2D eigenvalue weighted by Gasteiger charge is 2.44. The van der Waals surface area contributed by atoms with Crippen molar-refractivity contribution in [3.05, 3.63) is 59.8 Å². The lowest BCUT2D eigenvalue weighted by molar-refractivity contribution is -0.141. The van der Waals surface area contributed by atoms with Crippen molar-refractivity contribution in [1.82, 2.24) is 10.3 Å². The molecule has 4 rings (SSSR count). The molecule has 2 aliphatic heterocycles. The summed E-state index contributed by atoms with van der Waals surface area (Å²) in [6.07, 6.45) is 5.15. The van der Waals surface area contributed by atoms with E-state index in [4.69, 9.17) is 9.84 Å². The number of rotatable bonds is 6. The highest BCUT2D eigenvalue weighted by atomic mass is 16.5. The van der Waals surface area contributed by atoms with Gasteiger partial charge in [-0.3, -0.25) is 4.79 Å². The van der Waals surface area contributed by atoms with Gasteiger partial charge in [0, 0.05) is 32.4 Å². The molecule has 2 N–H and O–H groups in total. The molecule has 1 atom stereocenters. The summed E-state index contributed by atoms with van der Waals surface area (Å²) >= 11 is 0. The van der Waals surface area contributed by atoms with Crippen LogP contribution in [0.15, 0.2) is 48.7 Å². The van der Waals surface area contributed by atoms with Crippen LogP contribution in [0.5, 0.6) is 0 Å². The standard InChI is InChI=1S/C23H29N3O3/c27-15-5-12-25-22(28)17-19-16-18-6-1-2-7-20(18)23(29-19)9-13-26(14-10-23)21-8-3-4-11-24-21/h1-4,6-8,11,19,27H,5,9-10,12-17H2,(H,25,28). The van der Waals surface area contributed by atoms with E-state index in [1.165, 1.54) is 11.1 Å². The van der Waals surface area contributed by atoms with Crippen LogP contribution in [-0.2, 0) is 21.6 Å². The van der Waals surface area contributed by atoms with Crippen LogP contribution in [-0.4, -0.2) is 48.3 Å². The smallest absolute Gasteiger partial charge is 0.222 e. The predicted octanol–water partition coefficient (Wildman–Crippen LogP) is 2.41. The molecule has 0 radical (unpaired) electrons. The third-order valence-corrected chi connectivity index (χ3v) is 5.96. The molecular weight excluding hydrogens is 366 g/mol. The third kappa shape index (κ3) is 4.43. The average Bonchev–Trinajstić information content (AvgIpc) is 2.75. The Hall–Kier alpha value is -2.44. The molecule has 1 fully saturated rings. The molecule has 154 valence electrons. The number of benzene rings is 1. The second-order valence-electron chi connectivity index (χ2n) is 7.90. The summed E-state index contributed by atoms with van der Waals surface area (Å²) in [4.78, 5) is 19.1. The van der Waals surface area contributed by atoms with E-state index < -0.39 is 0 Å². The van der Waals surface area contributed by atoms with Crippen molar-refractivity contribution in [2.75, 3.05) is 31.1 Å². The summed E-state index contributed by atoms with van der Waals surface area (Å²) in [5.74, 6) is 0.996. The van der Waals surface area contributed by atoms with E-state index in [2.05, 4.69) is 39.5 Å². The summed E-state index contributed by atoms with van der Waals surface area (Å²) < 4.78 is 6.65. The Bertz CT molecular complexity index is 819. The second-order valence-corrected chi connectivity index (χ2v) is 7.90. The molecule has 1 unspecified atom stereocenters. The summed E-state index contributed by atoms with van der Waals surface area (Å²) in [6, 6.07) is 14.5. The van der Waals surface area contributed by atoms with Crippen molar-refractivity contribution in [3.63, 3.8) is 0 Å². The molecule has 0 aliphatic carbocycles. The topological polar surface area (TPSA) is 74.7 Å². The molecule has 0 saturated carbocycles. The average molecular weight is 396 g/mol. The van der Waals surface area contributed by atoms with Gasteiger partial charge < -0.3 is 20.1 Å². The van der Waals surface area contributed by atoms with Crippen molar-refractivity contribution >= 4 is 11.7 Å². The number of hydrogen-bond acceptors (Lipinski definition) is 5. The predicted molar refractivity (Wildman–Crippen MR) is 112 cm³/mol. The fourth-order valence-electron chi connectivity index (χ4n) is 4.54. The van der Waals surface area contributed by atoms with Crippen molar-refractivity contribution in [2.24, 2.45) is 0 Å². The van der Waals surface area contributed by atoms with Gasteiger partial charge >= 0.3 is 0 Å². The minimum atomic E-state index is -0.337. The minimum Gasteiger partial charge on any atom is -0.396 e. The number of aromatic nitrogens is 1. The van der Waals surface area contributed by atoms with E-state index in [0.717, 1.165) is 38.2 Å². The van der Waals surface area contributed by atoms with Crippen molar-refractivity contribution in [3.8, 4) is 0 Å². The molecule has 1 amide bonds. The number of nitrogens with zero attached hydrogens (tertiary/aromatic N) is 2. The Morgan fingerprint density at radius 2 is 2.00 bits per heavy atom. The van der Waals surface area contributed by atoms with E-state index in [1.54, 1.807) is 0 Å². The van der Waals surface area contributed by atoms with Gasteiger partial charge in [0.05, 0.1) is 18.1 Å². The maximum atomic E-state index is 12.3. The normalized spacial score (nSPS) is 20.3. The van der Waals surface area contributed by atoms with E-state index in [1.807, 2.05) is 24.4 Å². The number of amides is 1. The van der Waals surface area contributed by atoms with Gasteiger partial charge in [-0.25, -0.2) is 4.98 Å². The summed E-state index contributed by atoms with van der Waals surface area (Å²) in [5, 5.41) is 11.8. The van der Waals surface area contributed by atoms with Gasteiger partial charge in [0.2, 0.25) is 5.91 Å². The van der Waals surface area contributed by atoms with E-state index in [-0.39, 0.29) is 24.2 Å². The van der Waals surface area contributed by atoms with Crippen LogP contribution in [0.1, 0.15) is 36.8 Å². The van der Waals surface area contributed by atoms with E-state index >= 15 is 0 Å². The number of nitrogens with one attached hydrogen (secondary N) is 1. The Morgan fingerprint density at radius 3 is 2.76 bits per heavy atom. The van der Waals surface area contributed by atoms with E-state index in [9.17, 15) is 4.79 Å². The highest BCUT2D eigenvalue weighted by Crippen LogP contribution is 2.44. The number of aliphatic hydroxyl groups is 1. The van der Waals surface area contributed by atoms with E-state index in [0.29, 0.717) is 19.4 Å². The Kier molecular flexibility index (Phi) is 6.11. The van der Waals surface area contributed by atoms with Crippen LogP contribution in [0.25, 0.3) is 0 Å². The molecule has 29 heavy (non-hydrogen) atoms. The number of anilines is 1. The first-order chi connectivity index (χ1) is 14.2. The van der Waals surface area contributed by atoms with Crippen LogP contribution in [0, 0.1) is 0 Å². The number of fused-ring (bicyclic) bond motifs is 2. The number of pyridine rings is 1. The molecule has 1 spiro atoms. The van der Waals surface area contributed by atoms with Gasteiger partial charge in [0.15, 0.2) is 0 Å². The van der Waals surface area contributed by atoms with Crippen LogP contribution in [0.3, 0.4) is 0 Å². The van der Waals surface area contributed by atoms with Crippen molar-refractivity contribution in [1.29, 1.82) is 0 Å². The minimum absolute atomic E-state index is 0.0103. The van der Waals surface area contributed by atoms with Crippen molar-refractivity contribution in [2.45, 2.75) is 43.8 Å². The summed E-state index contributed by atoms with van der Waals surface area (Å²) in [5.41, 5.74) is 2.23. The number of piperidine rings is 1. The lowest BCUT2D eigenvalue weighted by Crippen LogP contribution is -2.49. The first-order valence-electron chi connectivity index (χ1n) is 10.5.